The van der Waals surface area contributed by atoms with Gasteiger partial charge in [0.05, 0.1) is 0 Å². The fraction of sp³-hybridized carbons (Fsp3) is 1.00. The Morgan fingerprint density at radius 1 is 1.27 bits per heavy atom. The van der Waals surface area contributed by atoms with Gasteiger partial charge in [-0.25, -0.2) is 0 Å². The molecule has 2 atom stereocenters. The Balaban J connectivity index is 2.86. The highest BCUT2D eigenvalue weighted by atomic mass is 14.5. The Morgan fingerprint density at radius 2 is 1.82 bits per heavy atom. The van der Waals surface area contributed by atoms with E-state index >= 15 is 0 Å². The molecule has 0 bridgehead atoms. The summed E-state index contributed by atoms with van der Waals surface area (Å²) in [5, 5.41) is 0. The van der Waals surface area contributed by atoms with Gasteiger partial charge < -0.3 is 0 Å². The minimum Gasteiger partial charge on any atom is -0.0648 e. The second-order valence-corrected chi connectivity index (χ2v) is 5.08. The Kier molecular flexibility index (Phi) is 2.07. The molecule has 0 aromatic heterocycles. The average molecular weight is 154 g/mol. The smallest absolute Gasteiger partial charge is 0.0275 e. The molecular weight excluding hydrogens is 132 g/mol. The van der Waals surface area contributed by atoms with Crippen LogP contribution in [0.1, 0.15) is 53.9 Å². The van der Waals surface area contributed by atoms with E-state index in [-0.39, 0.29) is 0 Å². The van der Waals surface area contributed by atoms with Gasteiger partial charge in [0.1, 0.15) is 0 Å². The summed E-state index contributed by atoms with van der Waals surface area (Å²) in [5.74, 6) is 0.910. The maximum Gasteiger partial charge on any atom is -0.0275 e. The molecule has 0 heteroatoms. The molecule has 0 spiro atoms. The SMILES string of the molecule is CCC1(C)CC[C@H](C)C1(C)C. The standard InChI is InChI=1S/C11H22/c1-6-11(5)8-7-9(2)10(11,3)4/h9H,6-8H2,1-5H3/t9-,11?/m0/s1. The van der Waals surface area contributed by atoms with Crippen LogP contribution in [0.15, 0.2) is 0 Å². The number of hydrogen-bond acceptors (Lipinski definition) is 0. The van der Waals surface area contributed by atoms with Gasteiger partial charge in [-0.2, -0.15) is 0 Å². The summed E-state index contributed by atoms with van der Waals surface area (Å²) in [7, 11) is 0. The van der Waals surface area contributed by atoms with Crippen molar-refractivity contribution < 1.29 is 0 Å². The van der Waals surface area contributed by atoms with E-state index in [1.807, 2.05) is 0 Å². The van der Waals surface area contributed by atoms with Crippen molar-refractivity contribution in [2.75, 3.05) is 0 Å². The highest BCUT2D eigenvalue weighted by Crippen LogP contribution is 2.57. The van der Waals surface area contributed by atoms with Gasteiger partial charge >= 0.3 is 0 Å². The Hall–Kier alpha value is 0. The molecule has 66 valence electrons. The van der Waals surface area contributed by atoms with Crippen molar-refractivity contribution in [1.82, 2.24) is 0 Å². The molecule has 1 unspecified atom stereocenters. The first-order valence-electron chi connectivity index (χ1n) is 4.94. The van der Waals surface area contributed by atoms with Gasteiger partial charge in [-0.1, -0.05) is 41.0 Å². The predicted octanol–water partition coefficient (Wildman–Crippen LogP) is 3.86. The predicted molar refractivity (Wildman–Crippen MR) is 50.6 cm³/mol. The van der Waals surface area contributed by atoms with Gasteiger partial charge in [0.15, 0.2) is 0 Å². The maximum absolute atomic E-state index is 2.45. The molecule has 0 N–H and O–H groups in total. The van der Waals surface area contributed by atoms with Gasteiger partial charge in [0.2, 0.25) is 0 Å². The lowest BCUT2D eigenvalue weighted by molar-refractivity contribution is 0.0914. The Labute approximate surface area is 71.4 Å². The van der Waals surface area contributed by atoms with Gasteiger partial charge in [-0.05, 0) is 29.6 Å². The van der Waals surface area contributed by atoms with Crippen LogP contribution in [0.2, 0.25) is 0 Å². The minimum atomic E-state index is 0.557. The molecule has 0 aliphatic heterocycles. The summed E-state index contributed by atoms with van der Waals surface area (Å²) in [4.78, 5) is 0. The van der Waals surface area contributed by atoms with E-state index in [1.165, 1.54) is 19.3 Å². The lowest BCUT2D eigenvalue weighted by Gasteiger charge is -2.40. The third-order valence-corrected chi connectivity index (χ3v) is 4.70. The van der Waals surface area contributed by atoms with E-state index in [2.05, 4.69) is 34.6 Å². The van der Waals surface area contributed by atoms with Crippen LogP contribution >= 0.6 is 0 Å². The first-order chi connectivity index (χ1) is 4.94. The summed E-state index contributed by atoms with van der Waals surface area (Å²) in [6.45, 7) is 12.1. The fourth-order valence-electron chi connectivity index (χ4n) is 2.45. The third kappa shape index (κ3) is 1.11. The zero-order valence-electron chi connectivity index (χ0n) is 8.70. The van der Waals surface area contributed by atoms with E-state index in [0.29, 0.717) is 10.8 Å². The number of hydrogen-bond donors (Lipinski definition) is 0. The second-order valence-electron chi connectivity index (χ2n) is 5.08. The lowest BCUT2D eigenvalue weighted by Crippen LogP contribution is -2.32. The van der Waals surface area contributed by atoms with Crippen molar-refractivity contribution in [3.05, 3.63) is 0 Å². The van der Waals surface area contributed by atoms with Crippen molar-refractivity contribution in [2.45, 2.75) is 53.9 Å². The fourth-order valence-corrected chi connectivity index (χ4v) is 2.45. The van der Waals surface area contributed by atoms with Crippen LogP contribution < -0.4 is 0 Å². The molecular formula is C11H22. The zero-order valence-corrected chi connectivity index (χ0v) is 8.70. The summed E-state index contributed by atoms with van der Waals surface area (Å²) in [6, 6.07) is 0. The summed E-state index contributed by atoms with van der Waals surface area (Å²) in [5.41, 5.74) is 1.16. The summed E-state index contributed by atoms with van der Waals surface area (Å²) < 4.78 is 0. The molecule has 1 aliphatic carbocycles. The van der Waals surface area contributed by atoms with Crippen LogP contribution in [0.3, 0.4) is 0 Å². The van der Waals surface area contributed by atoms with E-state index in [9.17, 15) is 0 Å². The van der Waals surface area contributed by atoms with Crippen LogP contribution in [0.25, 0.3) is 0 Å². The van der Waals surface area contributed by atoms with Crippen LogP contribution in [-0.2, 0) is 0 Å². The third-order valence-electron chi connectivity index (χ3n) is 4.70. The molecule has 1 rings (SSSR count). The van der Waals surface area contributed by atoms with E-state index in [0.717, 1.165) is 5.92 Å². The van der Waals surface area contributed by atoms with E-state index < -0.39 is 0 Å². The van der Waals surface area contributed by atoms with Crippen LogP contribution in [0.4, 0.5) is 0 Å². The van der Waals surface area contributed by atoms with Crippen molar-refractivity contribution in [2.24, 2.45) is 16.7 Å². The van der Waals surface area contributed by atoms with Crippen LogP contribution in [0.5, 0.6) is 0 Å². The Morgan fingerprint density at radius 3 is 2.00 bits per heavy atom. The van der Waals surface area contributed by atoms with Crippen molar-refractivity contribution in [3.8, 4) is 0 Å². The molecule has 11 heavy (non-hydrogen) atoms. The first kappa shape index (κ1) is 9.09. The van der Waals surface area contributed by atoms with E-state index in [1.54, 1.807) is 0 Å². The first-order valence-corrected chi connectivity index (χ1v) is 4.94. The molecule has 0 amide bonds. The minimum absolute atomic E-state index is 0.557. The normalized spacial score (nSPS) is 42.8. The largest absolute Gasteiger partial charge is 0.0648 e. The molecule has 1 aliphatic rings. The maximum atomic E-state index is 2.45. The summed E-state index contributed by atoms with van der Waals surface area (Å²) in [6.07, 6.45) is 4.19. The second kappa shape index (κ2) is 2.50. The monoisotopic (exact) mass is 154 g/mol. The molecule has 0 aromatic carbocycles. The van der Waals surface area contributed by atoms with Crippen molar-refractivity contribution in [1.29, 1.82) is 0 Å². The van der Waals surface area contributed by atoms with E-state index in [4.69, 9.17) is 0 Å². The molecule has 1 saturated carbocycles. The molecule has 1 fully saturated rings. The van der Waals surface area contributed by atoms with Crippen LogP contribution in [-0.4, -0.2) is 0 Å². The molecule has 0 nitrogen and oxygen atoms in total. The topological polar surface area (TPSA) is 0 Å². The van der Waals surface area contributed by atoms with Gasteiger partial charge in [0, 0.05) is 0 Å². The molecule has 0 heterocycles. The van der Waals surface area contributed by atoms with Crippen molar-refractivity contribution in [3.63, 3.8) is 0 Å². The number of rotatable bonds is 1. The van der Waals surface area contributed by atoms with Gasteiger partial charge in [0.25, 0.3) is 0 Å². The highest BCUT2D eigenvalue weighted by Gasteiger charge is 2.47. The lowest BCUT2D eigenvalue weighted by atomic mass is 9.65. The van der Waals surface area contributed by atoms with Gasteiger partial charge in [-0.3, -0.25) is 0 Å². The Bertz CT molecular complexity index is 143. The van der Waals surface area contributed by atoms with Crippen molar-refractivity contribution >= 4 is 0 Å². The van der Waals surface area contributed by atoms with Gasteiger partial charge in [-0.15, -0.1) is 0 Å². The molecule has 0 saturated heterocycles. The van der Waals surface area contributed by atoms with Crippen LogP contribution in [0, 0.1) is 16.7 Å². The molecule has 0 radical (unpaired) electrons. The quantitative estimate of drug-likeness (QED) is 0.538. The average Bonchev–Trinajstić information content (AvgIpc) is 2.15. The zero-order chi connectivity index (χ0) is 8.70. The molecule has 0 aromatic rings. The summed E-state index contributed by atoms with van der Waals surface area (Å²) >= 11 is 0. The highest BCUT2D eigenvalue weighted by molar-refractivity contribution is 4.97.